The molecule has 3 nitrogen and oxygen atoms in total. The Morgan fingerprint density at radius 1 is 1.19 bits per heavy atom. The zero-order valence-electron chi connectivity index (χ0n) is 9.45. The second-order valence-corrected chi connectivity index (χ2v) is 4.69. The Morgan fingerprint density at radius 3 is 2.06 bits per heavy atom. The van der Waals surface area contributed by atoms with E-state index in [1.807, 2.05) is 0 Å². The molecule has 0 saturated heterocycles. The fourth-order valence-electron chi connectivity index (χ4n) is 2.30. The minimum Gasteiger partial charge on any atom is -0.497 e. The van der Waals surface area contributed by atoms with Gasteiger partial charge in [-0.1, -0.05) is 0 Å². The molecule has 0 aromatic heterocycles. The molecule has 0 heterocycles. The molecule has 16 heavy (non-hydrogen) atoms. The Balaban J connectivity index is 1.96. The quantitative estimate of drug-likeness (QED) is 0.727. The van der Waals surface area contributed by atoms with E-state index < -0.39 is 0 Å². The molecule has 0 amide bonds. The Labute approximate surface area is 94.4 Å². The molecule has 0 atom stereocenters. The van der Waals surface area contributed by atoms with Gasteiger partial charge in [0.2, 0.25) is 0 Å². The van der Waals surface area contributed by atoms with Gasteiger partial charge in [-0.2, -0.15) is 0 Å². The predicted octanol–water partition coefficient (Wildman–Crippen LogP) is 2.30. The largest absolute Gasteiger partial charge is 0.497 e. The smallest absolute Gasteiger partial charge is 0.169 e. The standard InChI is InChI=1S/C13H14O3/c1-15-10-3-8(4-11(5-10)16-2)12(14)13-6-9(13)7-13/h3-5,9H,6-7H2,1-2H3. The highest BCUT2D eigenvalue weighted by molar-refractivity contribution is 6.05. The molecule has 84 valence electrons. The van der Waals surface area contributed by atoms with E-state index in [4.69, 9.17) is 9.47 Å². The van der Waals surface area contributed by atoms with Crippen molar-refractivity contribution in [2.24, 2.45) is 11.3 Å². The first kappa shape index (κ1) is 9.70. The number of carbonyl (C=O) groups excluding carboxylic acids is 1. The lowest BCUT2D eigenvalue weighted by molar-refractivity contribution is 0.0936. The van der Waals surface area contributed by atoms with E-state index in [1.54, 1.807) is 32.4 Å². The third-order valence-electron chi connectivity index (χ3n) is 3.75. The third-order valence-corrected chi connectivity index (χ3v) is 3.75. The summed E-state index contributed by atoms with van der Waals surface area (Å²) in [6.45, 7) is 0. The van der Waals surface area contributed by atoms with Crippen LogP contribution in [0.1, 0.15) is 23.2 Å². The number of methoxy groups -OCH3 is 2. The molecule has 0 unspecified atom stereocenters. The number of carbonyl (C=O) groups is 1. The second kappa shape index (κ2) is 3.00. The molecule has 2 fully saturated rings. The minimum atomic E-state index is 0.0113. The van der Waals surface area contributed by atoms with Gasteiger partial charge in [0.05, 0.1) is 14.2 Å². The maximum atomic E-state index is 12.2. The monoisotopic (exact) mass is 218 g/mol. The number of fused-ring (bicyclic) bond motifs is 1. The average molecular weight is 218 g/mol. The zero-order valence-corrected chi connectivity index (χ0v) is 9.45. The highest BCUT2D eigenvalue weighted by atomic mass is 16.5. The van der Waals surface area contributed by atoms with E-state index >= 15 is 0 Å². The number of ketones is 1. The van der Waals surface area contributed by atoms with Gasteiger partial charge in [0, 0.05) is 17.0 Å². The predicted molar refractivity (Wildman–Crippen MR) is 59.0 cm³/mol. The van der Waals surface area contributed by atoms with Crippen molar-refractivity contribution in [3.05, 3.63) is 23.8 Å². The van der Waals surface area contributed by atoms with E-state index in [-0.39, 0.29) is 11.2 Å². The fraction of sp³-hybridized carbons (Fsp3) is 0.462. The Morgan fingerprint density at radius 2 is 1.69 bits per heavy atom. The molecular weight excluding hydrogens is 204 g/mol. The van der Waals surface area contributed by atoms with Crippen LogP contribution in [0, 0.1) is 11.3 Å². The van der Waals surface area contributed by atoms with Gasteiger partial charge in [0.25, 0.3) is 0 Å². The summed E-state index contributed by atoms with van der Waals surface area (Å²) in [5.41, 5.74) is 0.730. The second-order valence-electron chi connectivity index (χ2n) is 4.69. The van der Waals surface area contributed by atoms with Crippen molar-refractivity contribution in [3.63, 3.8) is 0 Å². The van der Waals surface area contributed by atoms with E-state index in [9.17, 15) is 4.79 Å². The first-order valence-electron chi connectivity index (χ1n) is 5.47. The Hall–Kier alpha value is -1.51. The lowest BCUT2D eigenvalue weighted by Crippen LogP contribution is -2.08. The Bertz CT molecular complexity index is 436. The van der Waals surface area contributed by atoms with Gasteiger partial charge in [-0.3, -0.25) is 4.79 Å². The van der Waals surface area contributed by atoms with Crippen LogP contribution in [0.4, 0.5) is 0 Å². The molecule has 3 heteroatoms. The zero-order chi connectivity index (χ0) is 11.3. The first-order valence-corrected chi connectivity index (χ1v) is 5.47. The van der Waals surface area contributed by atoms with Gasteiger partial charge >= 0.3 is 0 Å². The molecule has 2 aliphatic rings. The van der Waals surface area contributed by atoms with E-state index in [1.165, 1.54) is 0 Å². The maximum absolute atomic E-state index is 12.2. The van der Waals surface area contributed by atoms with Crippen LogP contribution in [0.25, 0.3) is 0 Å². The maximum Gasteiger partial charge on any atom is 0.169 e. The molecule has 1 aromatic rings. The summed E-state index contributed by atoms with van der Waals surface area (Å²) >= 11 is 0. The topological polar surface area (TPSA) is 35.5 Å². The van der Waals surface area contributed by atoms with Crippen LogP contribution in [0.3, 0.4) is 0 Å². The number of rotatable bonds is 4. The van der Waals surface area contributed by atoms with Crippen molar-refractivity contribution in [2.45, 2.75) is 12.8 Å². The van der Waals surface area contributed by atoms with Crippen molar-refractivity contribution in [1.29, 1.82) is 0 Å². The third kappa shape index (κ3) is 1.24. The van der Waals surface area contributed by atoms with Crippen LogP contribution >= 0.6 is 0 Å². The average Bonchev–Trinajstić information content (AvgIpc) is 3.15. The molecule has 0 N–H and O–H groups in total. The molecule has 0 bridgehead atoms. The van der Waals surface area contributed by atoms with Crippen LogP contribution in [-0.2, 0) is 0 Å². The van der Waals surface area contributed by atoms with Crippen LogP contribution in [0.15, 0.2) is 18.2 Å². The van der Waals surface area contributed by atoms with Crippen molar-refractivity contribution in [2.75, 3.05) is 14.2 Å². The van der Waals surface area contributed by atoms with Crippen LogP contribution < -0.4 is 9.47 Å². The van der Waals surface area contributed by atoms with Gasteiger partial charge in [-0.05, 0) is 30.9 Å². The van der Waals surface area contributed by atoms with Crippen LogP contribution in [0.5, 0.6) is 11.5 Å². The highest BCUT2D eigenvalue weighted by Gasteiger charge is 2.74. The van der Waals surface area contributed by atoms with Crippen LogP contribution in [-0.4, -0.2) is 20.0 Å². The lowest BCUT2D eigenvalue weighted by Gasteiger charge is -2.08. The number of Topliss-reactive ketones (excluding diaryl/α,β-unsaturated/α-hetero) is 1. The van der Waals surface area contributed by atoms with Gasteiger partial charge < -0.3 is 9.47 Å². The first-order chi connectivity index (χ1) is 7.69. The Kier molecular flexibility index (Phi) is 1.82. The number of hydrogen-bond acceptors (Lipinski definition) is 3. The summed E-state index contributed by atoms with van der Waals surface area (Å²) in [5.74, 6) is 2.28. The van der Waals surface area contributed by atoms with Gasteiger partial charge in [0.1, 0.15) is 11.5 Å². The summed E-state index contributed by atoms with van der Waals surface area (Å²) < 4.78 is 10.3. The summed E-state index contributed by atoms with van der Waals surface area (Å²) in [4.78, 5) is 12.2. The van der Waals surface area contributed by atoms with Crippen molar-refractivity contribution in [1.82, 2.24) is 0 Å². The molecule has 2 aliphatic carbocycles. The van der Waals surface area contributed by atoms with Gasteiger partial charge in [0.15, 0.2) is 5.78 Å². The van der Waals surface area contributed by atoms with E-state index in [2.05, 4.69) is 0 Å². The SMILES string of the molecule is COc1cc(OC)cc(C(=O)C23CC2C3)c1. The summed E-state index contributed by atoms with van der Waals surface area (Å²) in [7, 11) is 3.19. The highest BCUT2D eigenvalue weighted by Crippen LogP contribution is 2.76. The van der Waals surface area contributed by atoms with Gasteiger partial charge in [-0.15, -0.1) is 0 Å². The molecular formula is C13H14O3. The van der Waals surface area contributed by atoms with Crippen LogP contribution in [0.2, 0.25) is 0 Å². The van der Waals surface area contributed by atoms with Crippen molar-refractivity contribution >= 4 is 5.78 Å². The molecule has 2 saturated carbocycles. The normalized spacial score (nSPS) is 29.2. The number of benzene rings is 1. The van der Waals surface area contributed by atoms with Crippen molar-refractivity contribution < 1.29 is 14.3 Å². The summed E-state index contributed by atoms with van der Waals surface area (Å²) in [6, 6.07) is 5.38. The summed E-state index contributed by atoms with van der Waals surface area (Å²) in [5, 5.41) is 0. The lowest BCUT2D eigenvalue weighted by atomic mass is 10.0. The molecule has 1 aromatic carbocycles. The van der Waals surface area contributed by atoms with E-state index in [0.717, 1.165) is 18.4 Å². The van der Waals surface area contributed by atoms with Crippen molar-refractivity contribution in [3.8, 4) is 11.5 Å². The number of ether oxygens (including phenoxy) is 2. The molecule has 0 spiro atoms. The fourth-order valence-corrected chi connectivity index (χ4v) is 2.30. The molecule has 3 rings (SSSR count). The summed E-state index contributed by atoms with van der Waals surface area (Å²) in [6.07, 6.45) is 2.15. The molecule has 0 aliphatic heterocycles. The molecule has 0 radical (unpaired) electrons. The number of hydrogen-bond donors (Lipinski definition) is 0. The van der Waals surface area contributed by atoms with Gasteiger partial charge in [-0.25, -0.2) is 0 Å². The minimum absolute atomic E-state index is 0.0113. The van der Waals surface area contributed by atoms with E-state index in [0.29, 0.717) is 17.4 Å².